The SMILES string of the molecule is C.CC.Cc1ccc(B(O)O)c(C)c1. The minimum atomic E-state index is -1.35. The van der Waals surface area contributed by atoms with Crippen molar-refractivity contribution in [1.29, 1.82) is 0 Å². The van der Waals surface area contributed by atoms with E-state index in [0.717, 1.165) is 11.1 Å². The summed E-state index contributed by atoms with van der Waals surface area (Å²) in [7, 11) is -1.35. The molecule has 0 aliphatic rings. The molecule has 0 bridgehead atoms. The minimum absolute atomic E-state index is 0. The van der Waals surface area contributed by atoms with Gasteiger partial charge in [0.2, 0.25) is 0 Å². The summed E-state index contributed by atoms with van der Waals surface area (Å²) in [5.74, 6) is 0. The minimum Gasteiger partial charge on any atom is -0.423 e. The summed E-state index contributed by atoms with van der Waals surface area (Å²) in [4.78, 5) is 0. The Morgan fingerprint density at radius 2 is 1.57 bits per heavy atom. The van der Waals surface area contributed by atoms with E-state index in [1.165, 1.54) is 0 Å². The summed E-state index contributed by atoms with van der Waals surface area (Å²) >= 11 is 0. The fourth-order valence-electron chi connectivity index (χ4n) is 1.12. The van der Waals surface area contributed by atoms with E-state index in [0.29, 0.717) is 5.46 Å². The van der Waals surface area contributed by atoms with E-state index < -0.39 is 7.12 Å². The van der Waals surface area contributed by atoms with Crippen molar-refractivity contribution >= 4 is 12.6 Å². The molecule has 0 fully saturated rings. The number of aryl methyl sites for hydroxylation is 2. The second-order valence-corrected chi connectivity index (χ2v) is 2.73. The van der Waals surface area contributed by atoms with Crippen LogP contribution < -0.4 is 5.46 Å². The van der Waals surface area contributed by atoms with Crippen molar-refractivity contribution in [3.63, 3.8) is 0 Å². The van der Waals surface area contributed by atoms with Gasteiger partial charge in [-0.15, -0.1) is 0 Å². The zero-order chi connectivity index (χ0) is 10.4. The number of hydrogen-bond acceptors (Lipinski definition) is 2. The van der Waals surface area contributed by atoms with E-state index in [1.54, 1.807) is 6.07 Å². The van der Waals surface area contributed by atoms with Crippen molar-refractivity contribution in [3.05, 3.63) is 29.3 Å². The predicted molar refractivity (Wildman–Crippen MR) is 63.8 cm³/mol. The highest BCUT2D eigenvalue weighted by atomic mass is 16.4. The number of hydrogen-bond donors (Lipinski definition) is 2. The average molecular weight is 196 g/mol. The molecular weight excluding hydrogens is 175 g/mol. The molecule has 0 aromatic heterocycles. The molecule has 1 aromatic rings. The molecule has 2 N–H and O–H groups in total. The van der Waals surface area contributed by atoms with Crippen molar-refractivity contribution in [1.82, 2.24) is 0 Å². The first-order valence-corrected chi connectivity index (χ1v) is 4.54. The zero-order valence-electron chi connectivity index (χ0n) is 8.70. The normalized spacial score (nSPS) is 8.14. The molecular formula is C11H21BO2. The lowest BCUT2D eigenvalue weighted by atomic mass is 9.77. The van der Waals surface area contributed by atoms with Crippen molar-refractivity contribution in [2.75, 3.05) is 0 Å². The molecule has 0 unspecified atom stereocenters. The van der Waals surface area contributed by atoms with Gasteiger partial charge < -0.3 is 10.0 Å². The van der Waals surface area contributed by atoms with Crippen molar-refractivity contribution in [2.24, 2.45) is 0 Å². The Kier molecular flexibility index (Phi) is 8.50. The van der Waals surface area contributed by atoms with Crippen LogP contribution in [0.5, 0.6) is 0 Å². The second kappa shape index (κ2) is 7.59. The second-order valence-electron chi connectivity index (χ2n) is 2.73. The first kappa shape index (κ1) is 15.7. The summed E-state index contributed by atoms with van der Waals surface area (Å²) in [5, 5.41) is 17.7. The highest BCUT2D eigenvalue weighted by molar-refractivity contribution is 6.59. The smallest absolute Gasteiger partial charge is 0.423 e. The third kappa shape index (κ3) is 4.44. The fraction of sp³-hybridized carbons (Fsp3) is 0.455. The molecule has 0 aliphatic carbocycles. The highest BCUT2D eigenvalue weighted by Crippen LogP contribution is 1.99. The van der Waals surface area contributed by atoms with E-state index in [1.807, 2.05) is 39.8 Å². The molecule has 0 heterocycles. The van der Waals surface area contributed by atoms with Gasteiger partial charge >= 0.3 is 7.12 Å². The molecule has 0 atom stereocenters. The third-order valence-electron chi connectivity index (χ3n) is 1.70. The van der Waals surface area contributed by atoms with Crippen LogP contribution in [0.3, 0.4) is 0 Å². The molecule has 0 saturated carbocycles. The van der Waals surface area contributed by atoms with Crippen molar-refractivity contribution in [3.8, 4) is 0 Å². The van der Waals surface area contributed by atoms with Gasteiger partial charge in [-0.25, -0.2) is 0 Å². The maximum absolute atomic E-state index is 8.85. The Morgan fingerprint density at radius 1 is 1.07 bits per heavy atom. The van der Waals surface area contributed by atoms with Crippen LogP contribution in [-0.2, 0) is 0 Å². The lowest BCUT2D eigenvalue weighted by Gasteiger charge is -2.04. The number of rotatable bonds is 1. The van der Waals surface area contributed by atoms with Gasteiger partial charge in [-0.2, -0.15) is 0 Å². The molecule has 0 radical (unpaired) electrons. The molecule has 14 heavy (non-hydrogen) atoms. The molecule has 2 nitrogen and oxygen atoms in total. The lowest BCUT2D eigenvalue weighted by Crippen LogP contribution is -2.31. The van der Waals surface area contributed by atoms with E-state index in [2.05, 4.69) is 0 Å². The van der Waals surface area contributed by atoms with Gasteiger partial charge in [-0.3, -0.25) is 0 Å². The summed E-state index contributed by atoms with van der Waals surface area (Å²) in [6, 6.07) is 5.52. The van der Waals surface area contributed by atoms with Gasteiger partial charge in [0.15, 0.2) is 0 Å². The van der Waals surface area contributed by atoms with Crippen molar-refractivity contribution in [2.45, 2.75) is 35.1 Å². The first-order chi connectivity index (χ1) is 6.11. The first-order valence-electron chi connectivity index (χ1n) is 4.54. The molecule has 3 heteroatoms. The van der Waals surface area contributed by atoms with Gasteiger partial charge in [-0.1, -0.05) is 50.6 Å². The lowest BCUT2D eigenvalue weighted by molar-refractivity contribution is 0.425. The Balaban J connectivity index is 0. The standard InChI is InChI=1S/C8H11BO2.C2H6.CH4/c1-6-3-4-8(9(10)11)7(2)5-6;1-2;/h3-5,10-11H,1-2H3;1-2H3;1H4. The maximum Gasteiger partial charge on any atom is 0.488 e. The van der Waals surface area contributed by atoms with Gasteiger partial charge in [-0.05, 0) is 19.3 Å². The van der Waals surface area contributed by atoms with Crippen LogP contribution in [0, 0.1) is 13.8 Å². The van der Waals surface area contributed by atoms with Crippen molar-refractivity contribution < 1.29 is 10.0 Å². The summed E-state index contributed by atoms with van der Waals surface area (Å²) in [5.41, 5.74) is 2.63. The zero-order valence-corrected chi connectivity index (χ0v) is 8.70. The maximum atomic E-state index is 8.85. The van der Waals surface area contributed by atoms with Gasteiger partial charge in [0.1, 0.15) is 0 Å². The quantitative estimate of drug-likeness (QED) is 0.670. The predicted octanol–water partition coefficient (Wildman–Crippen LogP) is 1.65. The van der Waals surface area contributed by atoms with Crippen LogP contribution in [-0.4, -0.2) is 17.2 Å². The topological polar surface area (TPSA) is 40.5 Å². The fourth-order valence-corrected chi connectivity index (χ4v) is 1.12. The Morgan fingerprint density at radius 3 is 1.93 bits per heavy atom. The van der Waals surface area contributed by atoms with E-state index in [9.17, 15) is 0 Å². The van der Waals surface area contributed by atoms with Crippen LogP contribution in [0.2, 0.25) is 0 Å². The van der Waals surface area contributed by atoms with Crippen LogP contribution in [0.1, 0.15) is 32.4 Å². The van der Waals surface area contributed by atoms with Gasteiger partial charge in [0.05, 0.1) is 0 Å². The van der Waals surface area contributed by atoms with E-state index in [-0.39, 0.29) is 7.43 Å². The Hall–Kier alpha value is -0.795. The molecule has 1 aromatic carbocycles. The summed E-state index contributed by atoms with van der Waals surface area (Å²) in [6.45, 7) is 7.84. The Bertz CT molecular complexity index is 259. The van der Waals surface area contributed by atoms with E-state index >= 15 is 0 Å². The van der Waals surface area contributed by atoms with Crippen LogP contribution in [0.4, 0.5) is 0 Å². The van der Waals surface area contributed by atoms with Crippen LogP contribution in [0.15, 0.2) is 18.2 Å². The van der Waals surface area contributed by atoms with Gasteiger partial charge in [0.25, 0.3) is 0 Å². The highest BCUT2D eigenvalue weighted by Gasteiger charge is 2.12. The molecule has 0 amide bonds. The van der Waals surface area contributed by atoms with E-state index in [4.69, 9.17) is 10.0 Å². The Labute approximate surface area is 87.7 Å². The average Bonchev–Trinajstić information content (AvgIpc) is 2.07. The van der Waals surface area contributed by atoms with Gasteiger partial charge in [0, 0.05) is 0 Å². The number of benzene rings is 1. The largest absolute Gasteiger partial charge is 0.488 e. The molecule has 0 saturated heterocycles. The summed E-state index contributed by atoms with van der Waals surface area (Å²) < 4.78 is 0. The summed E-state index contributed by atoms with van der Waals surface area (Å²) in [6.07, 6.45) is 0. The van der Waals surface area contributed by atoms with Crippen LogP contribution in [0.25, 0.3) is 0 Å². The van der Waals surface area contributed by atoms with Crippen LogP contribution >= 0.6 is 0 Å². The molecule has 1 rings (SSSR count). The monoisotopic (exact) mass is 196 g/mol. The third-order valence-corrected chi connectivity index (χ3v) is 1.70. The molecule has 0 aliphatic heterocycles. The molecule has 0 spiro atoms. The molecule has 80 valence electrons.